The Hall–Kier alpha value is -0.600. The van der Waals surface area contributed by atoms with E-state index >= 15 is 0 Å². The Balaban J connectivity index is 3.86. The molecule has 0 saturated heterocycles. The maximum Gasteiger partial charge on any atom is 0.394 e. The number of hydrogen-bond donors (Lipinski definition) is 0. The highest BCUT2D eigenvalue weighted by Crippen LogP contribution is 2.21. The van der Waals surface area contributed by atoms with E-state index in [0.29, 0.717) is 12.2 Å². The molecule has 0 bridgehead atoms. The molecule has 0 heterocycles. The van der Waals surface area contributed by atoms with Crippen LogP contribution in [0.15, 0.2) is 11.8 Å². The molecule has 0 unspecified atom stereocenters. The third-order valence-electron chi connectivity index (χ3n) is 1.41. The van der Waals surface area contributed by atoms with Gasteiger partial charge in [-0.3, -0.25) is 0 Å². The zero-order valence-corrected chi connectivity index (χ0v) is 7.86. The Kier molecular flexibility index (Phi) is 4.86. The molecule has 0 atom stereocenters. The maximum absolute atomic E-state index is 12.3. The first-order chi connectivity index (χ1) is 5.49. The molecule has 0 aliphatic heterocycles. The number of ether oxygens (including phenoxy) is 1. The zero-order chi connectivity index (χ0) is 9.61. The van der Waals surface area contributed by atoms with Crippen LogP contribution in [0.4, 0.5) is 8.78 Å². The van der Waals surface area contributed by atoms with Crippen molar-refractivity contribution in [3.8, 4) is 0 Å². The smallest absolute Gasteiger partial charge is 0.394 e. The molecule has 0 radical (unpaired) electrons. The molecule has 0 fully saturated rings. The molecule has 1 nitrogen and oxygen atoms in total. The van der Waals surface area contributed by atoms with Crippen LogP contribution < -0.4 is 0 Å². The fraction of sp³-hybridized carbons (Fsp3) is 0.778. The normalized spacial score (nSPS) is 13.2. The summed E-state index contributed by atoms with van der Waals surface area (Å²) >= 11 is 0. The van der Waals surface area contributed by atoms with Crippen molar-refractivity contribution < 1.29 is 13.5 Å². The quantitative estimate of drug-likeness (QED) is 0.583. The first-order valence-electron chi connectivity index (χ1n) is 4.21. The van der Waals surface area contributed by atoms with Gasteiger partial charge in [0, 0.05) is 13.3 Å². The van der Waals surface area contributed by atoms with Crippen molar-refractivity contribution in [3.05, 3.63) is 11.8 Å². The van der Waals surface area contributed by atoms with Crippen LogP contribution >= 0.6 is 0 Å². The molecule has 0 N–H and O–H groups in total. The molecule has 0 aliphatic carbocycles. The van der Waals surface area contributed by atoms with Crippen LogP contribution in [-0.2, 0) is 4.74 Å². The highest BCUT2D eigenvalue weighted by Gasteiger charge is 2.23. The second kappa shape index (κ2) is 5.12. The lowest BCUT2D eigenvalue weighted by molar-refractivity contribution is -0.200. The predicted octanol–water partition coefficient (Wildman–Crippen LogP) is 3.71. The number of halogens is 2. The second-order valence-corrected chi connectivity index (χ2v) is 2.77. The highest BCUT2D eigenvalue weighted by atomic mass is 19.3. The maximum atomic E-state index is 12.3. The fourth-order valence-corrected chi connectivity index (χ4v) is 0.835. The summed E-state index contributed by atoms with van der Waals surface area (Å²) in [5.74, 6) is 0.379. The van der Waals surface area contributed by atoms with E-state index < -0.39 is 6.11 Å². The van der Waals surface area contributed by atoms with E-state index in [0.717, 1.165) is 19.8 Å². The molecule has 12 heavy (non-hydrogen) atoms. The monoisotopic (exact) mass is 178 g/mol. The molecule has 0 rings (SSSR count). The number of alkyl halides is 2. The number of allylic oxidation sites excluding steroid dienone is 2. The molecule has 0 spiro atoms. The van der Waals surface area contributed by atoms with Crippen LogP contribution in [0.25, 0.3) is 0 Å². The fourth-order valence-electron chi connectivity index (χ4n) is 0.835. The topological polar surface area (TPSA) is 9.23 Å². The van der Waals surface area contributed by atoms with Gasteiger partial charge in [-0.25, -0.2) is 0 Å². The SMILES string of the molecule is C/C=C(\CCCC)OC(C)(F)F. The molecule has 0 aromatic carbocycles. The summed E-state index contributed by atoms with van der Waals surface area (Å²) in [6.07, 6.45) is 1.00. The Bertz CT molecular complexity index is 147. The van der Waals surface area contributed by atoms with E-state index in [2.05, 4.69) is 4.74 Å². The molecular formula is C9H16F2O. The summed E-state index contributed by atoms with van der Waals surface area (Å²) in [5, 5.41) is 0. The average Bonchev–Trinajstić information content (AvgIpc) is 1.95. The molecule has 0 aliphatic rings. The van der Waals surface area contributed by atoms with Crippen molar-refractivity contribution in [1.82, 2.24) is 0 Å². The summed E-state index contributed by atoms with van der Waals surface area (Å²) in [6, 6.07) is 0. The van der Waals surface area contributed by atoms with E-state index in [-0.39, 0.29) is 0 Å². The van der Waals surface area contributed by atoms with Gasteiger partial charge in [0.2, 0.25) is 0 Å². The van der Waals surface area contributed by atoms with Crippen LogP contribution in [0.5, 0.6) is 0 Å². The van der Waals surface area contributed by atoms with Gasteiger partial charge in [-0.15, -0.1) is 0 Å². The van der Waals surface area contributed by atoms with Gasteiger partial charge in [-0.1, -0.05) is 13.3 Å². The van der Waals surface area contributed by atoms with Crippen molar-refractivity contribution in [2.24, 2.45) is 0 Å². The van der Waals surface area contributed by atoms with Gasteiger partial charge in [0.15, 0.2) is 0 Å². The van der Waals surface area contributed by atoms with Crippen LogP contribution in [-0.4, -0.2) is 6.11 Å². The molecule has 0 aromatic heterocycles. The van der Waals surface area contributed by atoms with E-state index in [1.165, 1.54) is 0 Å². The lowest BCUT2D eigenvalue weighted by atomic mass is 10.2. The molecule has 72 valence electrons. The van der Waals surface area contributed by atoms with Crippen molar-refractivity contribution in [2.75, 3.05) is 0 Å². The summed E-state index contributed by atoms with van der Waals surface area (Å²) in [4.78, 5) is 0. The average molecular weight is 178 g/mol. The number of unbranched alkanes of at least 4 members (excludes halogenated alkanes) is 1. The molecule has 3 heteroatoms. The molecule has 0 saturated carbocycles. The Morgan fingerprint density at radius 1 is 1.50 bits per heavy atom. The number of rotatable bonds is 5. The minimum Gasteiger partial charge on any atom is -0.438 e. The Morgan fingerprint density at radius 2 is 2.08 bits per heavy atom. The van der Waals surface area contributed by atoms with Crippen LogP contribution in [0.1, 0.15) is 40.0 Å². The van der Waals surface area contributed by atoms with Crippen molar-refractivity contribution >= 4 is 0 Å². The standard InChI is InChI=1S/C9H16F2O/c1-4-6-7-8(5-2)12-9(3,10)11/h5H,4,6-7H2,1-3H3/b8-5+. The minimum atomic E-state index is -3.05. The molecule has 0 aromatic rings. The predicted molar refractivity (Wildman–Crippen MR) is 45.0 cm³/mol. The molecular weight excluding hydrogens is 162 g/mol. The minimum absolute atomic E-state index is 0.379. The first-order valence-corrected chi connectivity index (χ1v) is 4.21. The van der Waals surface area contributed by atoms with E-state index in [1.54, 1.807) is 13.0 Å². The summed E-state index contributed by atoms with van der Waals surface area (Å²) < 4.78 is 29.1. The van der Waals surface area contributed by atoms with Crippen LogP contribution in [0.2, 0.25) is 0 Å². The van der Waals surface area contributed by atoms with Crippen LogP contribution in [0, 0.1) is 0 Å². The summed E-state index contributed by atoms with van der Waals surface area (Å²) in [6.45, 7) is 4.47. The van der Waals surface area contributed by atoms with Gasteiger partial charge in [0.1, 0.15) is 0 Å². The van der Waals surface area contributed by atoms with Crippen molar-refractivity contribution in [1.29, 1.82) is 0 Å². The van der Waals surface area contributed by atoms with Gasteiger partial charge >= 0.3 is 6.11 Å². The van der Waals surface area contributed by atoms with E-state index in [1.807, 2.05) is 6.92 Å². The lowest BCUT2D eigenvalue weighted by Crippen LogP contribution is -2.14. The van der Waals surface area contributed by atoms with E-state index in [4.69, 9.17) is 0 Å². The van der Waals surface area contributed by atoms with E-state index in [9.17, 15) is 8.78 Å². The molecule has 0 amide bonds. The largest absolute Gasteiger partial charge is 0.438 e. The Morgan fingerprint density at radius 3 is 2.42 bits per heavy atom. The summed E-state index contributed by atoms with van der Waals surface area (Å²) in [7, 11) is 0. The third kappa shape index (κ3) is 6.13. The van der Waals surface area contributed by atoms with Gasteiger partial charge in [-0.2, -0.15) is 8.78 Å². The Labute approximate surface area is 72.4 Å². The third-order valence-corrected chi connectivity index (χ3v) is 1.41. The first kappa shape index (κ1) is 11.4. The van der Waals surface area contributed by atoms with Gasteiger partial charge < -0.3 is 4.74 Å². The summed E-state index contributed by atoms with van der Waals surface area (Å²) in [5.41, 5.74) is 0. The van der Waals surface area contributed by atoms with Crippen molar-refractivity contribution in [2.45, 2.75) is 46.1 Å². The van der Waals surface area contributed by atoms with Gasteiger partial charge in [-0.05, 0) is 19.4 Å². The van der Waals surface area contributed by atoms with Crippen molar-refractivity contribution in [3.63, 3.8) is 0 Å². The number of hydrogen-bond acceptors (Lipinski definition) is 1. The highest BCUT2D eigenvalue weighted by molar-refractivity contribution is 4.90. The second-order valence-electron chi connectivity index (χ2n) is 2.77. The van der Waals surface area contributed by atoms with Gasteiger partial charge in [0.25, 0.3) is 0 Å². The zero-order valence-electron chi connectivity index (χ0n) is 7.86. The van der Waals surface area contributed by atoms with Crippen LogP contribution in [0.3, 0.4) is 0 Å². The van der Waals surface area contributed by atoms with Gasteiger partial charge in [0.05, 0.1) is 5.76 Å². The lowest BCUT2D eigenvalue weighted by Gasteiger charge is -2.15.